The highest BCUT2D eigenvalue weighted by molar-refractivity contribution is 5.97. The number of cyclic esters (lactones) is 1. The summed E-state index contributed by atoms with van der Waals surface area (Å²) < 4.78 is 14.2. The van der Waals surface area contributed by atoms with Crippen molar-refractivity contribution in [3.63, 3.8) is 0 Å². The van der Waals surface area contributed by atoms with E-state index in [1.54, 1.807) is 39.5 Å². The summed E-state index contributed by atoms with van der Waals surface area (Å²) in [5.41, 5.74) is 9.52. The molecule has 2 saturated heterocycles. The number of likely N-dealkylation sites (tertiary alicyclic amines) is 1. The Bertz CT molecular complexity index is 2440. The molecule has 0 spiro atoms. The zero-order chi connectivity index (χ0) is 46.2. The third-order valence-corrected chi connectivity index (χ3v) is 13.1. The number of hydrogen-bond donors (Lipinski definition) is 3. The van der Waals surface area contributed by atoms with Crippen LogP contribution in [0.15, 0.2) is 54.7 Å². The summed E-state index contributed by atoms with van der Waals surface area (Å²) in [5, 5.41) is 16.7. The molecule has 2 fully saturated rings. The van der Waals surface area contributed by atoms with E-state index in [-0.39, 0.29) is 55.6 Å². The molecule has 15 heteroatoms. The molecule has 2 unspecified atom stereocenters. The van der Waals surface area contributed by atoms with E-state index in [0.717, 1.165) is 39.0 Å². The summed E-state index contributed by atoms with van der Waals surface area (Å²) in [6, 6.07) is 11.8. The van der Waals surface area contributed by atoms with Crippen molar-refractivity contribution in [3.8, 4) is 28.1 Å². The highest BCUT2D eigenvalue weighted by Crippen LogP contribution is 2.42. The molecule has 7 rings (SSSR count). The van der Waals surface area contributed by atoms with E-state index in [4.69, 9.17) is 14.5 Å². The van der Waals surface area contributed by atoms with Crippen LogP contribution >= 0.6 is 0 Å². The first-order valence-corrected chi connectivity index (χ1v) is 22.5. The van der Waals surface area contributed by atoms with Crippen LogP contribution in [-0.2, 0) is 52.8 Å². The molecule has 0 aliphatic carbocycles. The molecule has 5 atom stereocenters. The van der Waals surface area contributed by atoms with Crippen molar-refractivity contribution in [3.05, 3.63) is 71.5 Å². The van der Waals surface area contributed by atoms with E-state index >= 15 is 0 Å². The predicted molar refractivity (Wildman–Crippen MR) is 243 cm³/mol. The maximum absolute atomic E-state index is 14.7. The molecule has 342 valence electrons. The second-order valence-electron chi connectivity index (χ2n) is 18.7. The number of nitrogens with zero attached hydrogens (tertiary/aromatic N) is 5. The van der Waals surface area contributed by atoms with E-state index in [0.29, 0.717) is 43.4 Å². The smallest absolute Gasteiger partial charge is 0.324 e. The molecule has 5 heterocycles. The Morgan fingerprint density at radius 1 is 1.08 bits per heavy atom. The van der Waals surface area contributed by atoms with Crippen LogP contribution in [0.25, 0.3) is 33.3 Å². The Morgan fingerprint density at radius 3 is 2.53 bits per heavy atom. The summed E-state index contributed by atoms with van der Waals surface area (Å²) in [7, 11) is 4.81. The number of hydrogen-bond acceptors (Lipinski definition) is 10. The average molecular weight is 878 g/mol. The Morgan fingerprint density at radius 2 is 1.84 bits per heavy atom. The summed E-state index contributed by atoms with van der Waals surface area (Å²) in [6.07, 6.45) is 3.57. The van der Waals surface area contributed by atoms with Gasteiger partial charge in [0.05, 0.1) is 24.1 Å². The number of phenolic OH excluding ortho intramolecular Hbond substituents is 1. The number of aromatic hydroxyl groups is 1. The van der Waals surface area contributed by atoms with Gasteiger partial charge in [0.25, 0.3) is 5.91 Å². The van der Waals surface area contributed by atoms with Gasteiger partial charge in [-0.15, -0.1) is 0 Å². The minimum absolute atomic E-state index is 0.0128. The number of amides is 4. The SMILES string of the molecule is CCn1c(-c2cccnc2[C@H](C)OC)c2c3cc(ccc31)-c1cc(O)cc(c1)C[C@H](NC(=O)C(C(C)C)N(C)C(=O)C1CCC(=O)N1C)C(=O)N1CCC[C@H](N1)C(=O)OCC(C)(C)C2. The fraction of sp³-hybridized carbons (Fsp3) is 0.510. The molecule has 0 radical (unpaired) electrons. The number of carbonyl (C=O) groups is 5. The minimum Gasteiger partial charge on any atom is -0.508 e. The first-order chi connectivity index (χ1) is 30.4. The first-order valence-electron chi connectivity index (χ1n) is 22.5. The third kappa shape index (κ3) is 9.23. The number of aromatic nitrogens is 2. The van der Waals surface area contributed by atoms with Crippen LogP contribution in [0.1, 0.15) is 90.2 Å². The molecule has 64 heavy (non-hydrogen) atoms. The summed E-state index contributed by atoms with van der Waals surface area (Å²) in [4.78, 5) is 76.7. The quantitative estimate of drug-likeness (QED) is 0.181. The maximum Gasteiger partial charge on any atom is 0.324 e. The Labute approximate surface area is 375 Å². The summed E-state index contributed by atoms with van der Waals surface area (Å²) in [6.45, 7) is 12.9. The van der Waals surface area contributed by atoms with Gasteiger partial charge < -0.3 is 34.3 Å². The van der Waals surface area contributed by atoms with Crippen molar-refractivity contribution >= 4 is 40.5 Å². The zero-order valence-electron chi connectivity index (χ0n) is 38.6. The highest BCUT2D eigenvalue weighted by atomic mass is 16.5. The lowest BCUT2D eigenvalue weighted by Gasteiger charge is -2.37. The molecule has 2 aromatic heterocycles. The van der Waals surface area contributed by atoms with Crippen LogP contribution in [0.5, 0.6) is 5.75 Å². The lowest BCUT2D eigenvalue weighted by atomic mass is 9.84. The number of pyridine rings is 1. The Hall–Kier alpha value is -5.80. The fourth-order valence-corrected chi connectivity index (χ4v) is 9.71. The van der Waals surface area contributed by atoms with Gasteiger partial charge >= 0.3 is 5.97 Å². The monoisotopic (exact) mass is 877 g/mol. The number of rotatable bonds is 9. The van der Waals surface area contributed by atoms with Gasteiger partial charge in [0, 0.05) is 75.2 Å². The van der Waals surface area contributed by atoms with E-state index in [9.17, 15) is 29.1 Å². The number of esters is 1. The number of nitrogens with one attached hydrogen (secondary N) is 2. The normalized spacial score (nSPS) is 21.4. The summed E-state index contributed by atoms with van der Waals surface area (Å²) >= 11 is 0. The molecule has 4 aromatic rings. The van der Waals surface area contributed by atoms with Gasteiger partial charge in [-0.1, -0.05) is 39.8 Å². The van der Waals surface area contributed by atoms with Crippen molar-refractivity contribution < 1.29 is 38.6 Å². The number of likely N-dealkylation sites (N-methyl/N-ethyl adjacent to an activating group) is 2. The molecule has 3 aliphatic rings. The zero-order valence-corrected chi connectivity index (χ0v) is 38.6. The van der Waals surface area contributed by atoms with Gasteiger partial charge in [-0.25, -0.2) is 5.43 Å². The molecule has 3 N–H and O–H groups in total. The van der Waals surface area contributed by atoms with Gasteiger partial charge in [-0.05, 0) is 104 Å². The second-order valence-corrected chi connectivity index (χ2v) is 18.7. The van der Waals surface area contributed by atoms with Crippen LogP contribution in [0, 0.1) is 11.3 Å². The highest BCUT2D eigenvalue weighted by Gasteiger charge is 2.41. The number of phenols is 1. The largest absolute Gasteiger partial charge is 0.508 e. The lowest BCUT2D eigenvalue weighted by Crippen LogP contribution is -2.62. The van der Waals surface area contributed by atoms with Crippen LogP contribution < -0.4 is 10.7 Å². The van der Waals surface area contributed by atoms with Crippen molar-refractivity contribution in [1.82, 2.24) is 35.1 Å². The number of methoxy groups -OCH3 is 1. The van der Waals surface area contributed by atoms with Crippen LogP contribution in [0.3, 0.4) is 0 Å². The van der Waals surface area contributed by atoms with Gasteiger partial charge in [-0.3, -0.25) is 34.0 Å². The molecular formula is C49H63N7O8. The third-order valence-electron chi connectivity index (χ3n) is 13.1. The van der Waals surface area contributed by atoms with Crippen LogP contribution in [0.2, 0.25) is 0 Å². The minimum atomic E-state index is -1.17. The number of carbonyl (C=O) groups excluding carboxylic acids is 5. The maximum atomic E-state index is 14.7. The summed E-state index contributed by atoms with van der Waals surface area (Å²) in [5.74, 6) is -2.36. The number of fused-ring (bicyclic) bond motifs is 6. The van der Waals surface area contributed by atoms with Crippen LogP contribution in [-0.4, -0.2) is 118 Å². The molecule has 15 nitrogen and oxygen atoms in total. The van der Waals surface area contributed by atoms with Crippen molar-refractivity contribution in [1.29, 1.82) is 0 Å². The van der Waals surface area contributed by atoms with E-state index in [1.807, 2.05) is 39.0 Å². The van der Waals surface area contributed by atoms with Crippen LogP contribution in [0.4, 0.5) is 0 Å². The molecular weight excluding hydrogens is 815 g/mol. The van der Waals surface area contributed by atoms with E-state index in [2.05, 4.69) is 54.3 Å². The lowest BCUT2D eigenvalue weighted by molar-refractivity contribution is -0.155. The molecule has 3 aliphatic heterocycles. The standard InChI is InChI=1S/C49H63N7O8/c1-10-55-39-16-15-31-25-35(39)36(44(55)34-13-11-19-50-42(34)29(4)63-9)26-49(5,6)27-64-48(62)37-14-12-20-56(52-37)46(60)38(23-30-21-32(31)24-33(57)22-30)51-45(59)43(28(2)3)54(8)47(61)40-17-18-41(58)53(40)7/h11,13,15-16,19,21-22,24-25,28-29,37-38,40,43,52,57H,10,12,14,17-18,20,23,26-27H2,1-9H3,(H,51,59)/t29-,37-,38-,40?,43?/m0/s1. The molecule has 2 aromatic carbocycles. The van der Waals surface area contributed by atoms with Gasteiger partial charge in [0.2, 0.25) is 17.7 Å². The average Bonchev–Trinajstić information content (AvgIpc) is 3.77. The van der Waals surface area contributed by atoms with Crippen molar-refractivity contribution in [2.24, 2.45) is 11.3 Å². The second kappa shape index (κ2) is 18.7. The van der Waals surface area contributed by atoms with E-state index in [1.165, 1.54) is 14.8 Å². The predicted octanol–water partition coefficient (Wildman–Crippen LogP) is 5.56. The van der Waals surface area contributed by atoms with Crippen molar-refractivity contribution in [2.45, 2.75) is 117 Å². The number of ether oxygens (including phenoxy) is 2. The Kier molecular flexibility index (Phi) is 13.5. The van der Waals surface area contributed by atoms with Gasteiger partial charge in [0.15, 0.2) is 0 Å². The van der Waals surface area contributed by atoms with Gasteiger partial charge in [0.1, 0.15) is 29.9 Å². The number of hydrazine groups is 1. The fourth-order valence-electron chi connectivity index (χ4n) is 9.71. The Balaban J connectivity index is 1.34. The topological polar surface area (TPSA) is 176 Å². The first kappa shape index (κ1) is 46.2. The van der Waals surface area contributed by atoms with E-state index < -0.39 is 47.4 Å². The van der Waals surface area contributed by atoms with Gasteiger partial charge in [-0.2, -0.15) is 0 Å². The molecule has 6 bridgehead atoms. The molecule has 4 amide bonds. The number of aryl methyl sites for hydroxylation is 1. The van der Waals surface area contributed by atoms with Crippen molar-refractivity contribution in [2.75, 3.05) is 34.4 Å². The number of benzene rings is 2. The molecule has 0 saturated carbocycles.